The molecule has 5 nitrogen and oxygen atoms in total. The molecular weight excluding hydrogens is 358 g/mol. The molecule has 0 aliphatic carbocycles. The van der Waals surface area contributed by atoms with Crippen LogP contribution in [0.1, 0.15) is 16.7 Å². The van der Waals surface area contributed by atoms with Crippen LogP contribution in [0.3, 0.4) is 0 Å². The molecule has 3 rings (SSSR count). The number of aromatic nitrogens is 1. The number of hydrogen-bond acceptors (Lipinski definition) is 5. The number of pyridine rings is 1. The average Bonchev–Trinajstić information content (AvgIpc) is 2.65. The van der Waals surface area contributed by atoms with Gasteiger partial charge in [0.05, 0.1) is 23.9 Å². The van der Waals surface area contributed by atoms with Gasteiger partial charge < -0.3 is 10.1 Å². The number of aryl methyl sites for hydroxylation is 2. The van der Waals surface area contributed by atoms with Crippen LogP contribution in [0, 0.1) is 25.2 Å². The van der Waals surface area contributed by atoms with Crippen molar-refractivity contribution in [2.75, 3.05) is 18.2 Å². The second-order valence-corrected chi connectivity index (χ2v) is 7.13. The molecule has 0 radical (unpaired) electrons. The van der Waals surface area contributed by atoms with Crippen LogP contribution in [0.5, 0.6) is 5.75 Å². The second kappa shape index (κ2) is 8.11. The van der Waals surface area contributed by atoms with E-state index in [0.717, 1.165) is 22.0 Å². The molecule has 6 heteroatoms. The first-order valence-electron chi connectivity index (χ1n) is 8.39. The van der Waals surface area contributed by atoms with E-state index >= 15 is 0 Å². The monoisotopic (exact) mass is 377 g/mol. The molecule has 1 aromatic heterocycles. The SMILES string of the molecule is COc1cccc(NC(=O)CSc2nc3cc(C)cc(C)c3cc2C#N)c1. The lowest BCUT2D eigenvalue weighted by Gasteiger charge is -2.09. The van der Waals surface area contributed by atoms with Gasteiger partial charge in [0.2, 0.25) is 5.91 Å². The maximum Gasteiger partial charge on any atom is 0.234 e. The Morgan fingerprint density at radius 1 is 1.26 bits per heavy atom. The molecule has 2 aromatic carbocycles. The van der Waals surface area contributed by atoms with Crippen molar-refractivity contribution in [1.82, 2.24) is 4.98 Å². The third-order valence-corrected chi connectivity index (χ3v) is 5.06. The number of rotatable bonds is 5. The van der Waals surface area contributed by atoms with E-state index in [1.165, 1.54) is 11.8 Å². The molecule has 1 heterocycles. The average molecular weight is 377 g/mol. The number of nitrogens with one attached hydrogen (secondary N) is 1. The molecule has 0 bridgehead atoms. The highest BCUT2D eigenvalue weighted by atomic mass is 32.2. The minimum atomic E-state index is -0.167. The molecule has 27 heavy (non-hydrogen) atoms. The van der Waals surface area contributed by atoms with E-state index in [2.05, 4.69) is 22.4 Å². The lowest BCUT2D eigenvalue weighted by molar-refractivity contribution is -0.113. The number of anilines is 1. The van der Waals surface area contributed by atoms with Crippen LogP contribution in [0.2, 0.25) is 0 Å². The maximum absolute atomic E-state index is 12.3. The highest BCUT2D eigenvalue weighted by Crippen LogP contribution is 2.27. The number of methoxy groups -OCH3 is 1. The Morgan fingerprint density at radius 2 is 2.07 bits per heavy atom. The topological polar surface area (TPSA) is 75.0 Å². The van der Waals surface area contributed by atoms with Gasteiger partial charge in [-0.1, -0.05) is 23.9 Å². The van der Waals surface area contributed by atoms with Gasteiger partial charge in [0.15, 0.2) is 0 Å². The number of nitriles is 1. The molecule has 0 aliphatic heterocycles. The molecule has 3 aromatic rings. The molecule has 0 saturated heterocycles. The van der Waals surface area contributed by atoms with Crippen molar-refractivity contribution in [3.63, 3.8) is 0 Å². The highest BCUT2D eigenvalue weighted by Gasteiger charge is 2.12. The van der Waals surface area contributed by atoms with Crippen molar-refractivity contribution in [3.05, 3.63) is 59.2 Å². The van der Waals surface area contributed by atoms with Gasteiger partial charge in [-0.3, -0.25) is 4.79 Å². The molecule has 136 valence electrons. The fourth-order valence-electron chi connectivity index (χ4n) is 2.83. The zero-order valence-corrected chi connectivity index (χ0v) is 16.2. The Morgan fingerprint density at radius 3 is 2.81 bits per heavy atom. The Hall–Kier alpha value is -3.04. The summed E-state index contributed by atoms with van der Waals surface area (Å²) in [6.07, 6.45) is 0. The summed E-state index contributed by atoms with van der Waals surface area (Å²) in [4.78, 5) is 16.9. The highest BCUT2D eigenvalue weighted by molar-refractivity contribution is 8.00. The van der Waals surface area contributed by atoms with E-state index < -0.39 is 0 Å². The second-order valence-electron chi connectivity index (χ2n) is 6.17. The van der Waals surface area contributed by atoms with Crippen LogP contribution < -0.4 is 10.1 Å². The van der Waals surface area contributed by atoms with Gasteiger partial charge in [-0.2, -0.15) is 5.26 Å². The van der Waals surface area contributed by atoms with E-state index in [4.69, 9.17) is 4.74 Å². The number of ether oxygens (including phenoxy) is 1. The molecule has 0 spiro atoms. The number of amides is 1. The largest absolute Gasteiger partial charge is 0.497 e. The number of benzene rings is 2. The summed E-state index contributed by atoms with van der Waals surface area (Å²) < 4.78 is 5.15. The van der Waals surface area contributed by atoms with Gasteiger partial charge in [-0.05, 0) is 49.2 Å². The minimum absolute atomic E-state index is 0.162. The number of carbonyl (C=O) groups excluding carboxylic acids is 1. The Bertz CT molecular complexity index is 1060. The Labute approximate surface area is 162 Å². The zero-order valence-electron chi connectivity index (χ0n) is 15.4. The van der Waals surface area contributed by atoms with Crippen molar-refractivity contribution in [1.29, 1.82) is 5.26 Å². The Kier molecular flexibility index (Phi) is 5.63. The van der Waals surface area contributed by atoms with E-state index in [-0.39, 0.29) is 11.7 Å². The van der Waals surface area contributed by atoms with Gasteiger partial charge in [0.25, 0.3) is 0 Å². The van der Waals surface area contributed by atoms with E-state index in [9.17, 15) is 10.1 Å². The van der Waals surface area contributed by atoms with Crippen LogP contribution in [-0.4, -0.2) is 23.8 Å². The number of thioether (sulfide) groups is 1. The van der Waals surface area contributed by atoms with Crippen LogP contribution in [0.4, 0.5) is 5.69 Å². The van der Waals surface area contributed by atoms with Crippen molar-refractivity contribution in [3.8, 4) is 11.8 Å². The first-order valence-corrected chi connectivity index (χ1v) is 9.37. The molecule has 0 fully saturated rings. The van der Waals surface area contributed by atoms with Crippen LogP contribution in [-0.2, 0) is 4.79 Å². The van der Waals surface area contributed by atoms with Crippen molar-refractivity contribution >= 4 is 34.3 Å². The van der Waals surface area contributed by atoms with Crippen LogP contribution in [0.25, 0.3) is 10.9 Å². The summed E-state index contributed by atoms with van der Waals surface area (Å²) in [6.45, 7) is 4.02. The minimum Gasteiger partial charge on any atom is -0.497 e. The summed E-state index contributed by atoms with van der Waals surface area (Å²) >= 11 is 1.26. The van der Waals surface area contributed by atoms with Gasteiger partial charge in [0.1, 0.15) is 16.8 Å². The number of hydrogen-bond donors (Lipinski definition) is 1. The van der Waals surface area contributed by atoms with E-state index in [0.29, 0.717) is 22.0 Å². The molecule has 1 N–H and O–H groups in total. The van der Waals surface area contributed by atoms with Crippen LogP contribution >= 0.6 is 11.8 Å². The fraction of sp³-hybridized carbons (Fsp3) is 0.190. The fourth-order valence-corrected chi connectivity index (χ4v) is 3.60. The lowest BCUT2D eigenvalue weighted by atomic mass is 10.1. The molecule has 1 amide bonds. The van der Waals surface area contributed by atoms with Gasteiger partial charge in [-0.15, -0.1) is 0 Å². The van der Waals surface area contributed by atoms with Gasteiger partial charge in [-0.25, -0.2) is 4.98 Å². The van der Waals surface area contributed by atoms with E-state index in [1.807, 2.05) is 38.1 Å². The number of fused-ring (bicyclic) bond motifs is 1. The Balaban J connectivity index is 1.77. The van der Waals surface area contributed by atoms with Crippen molar-refractivity contribution < 1.29 is 9.53 Å². The van der Waals surface area contributed by atoms with Gasteiger partial charge >= 0.3 is 0 Å². The summed E-state index contributed by atoms with van der Waals surface area (Å²) in [5.74, 6) is 0.670. The quantitative estimate of drug-likeness (QED) is 0.664. The third kappa shape index (κ3) is 4.39. The molecular formula is C21H19N3O2S. The standard InChI is InChI=1S/C21H19N3O2S/c1-13-7-14(2)18-9-15(11-22)21(24-19(18)8-13)27-12-20(25)23-16-5-4-6-17(10-16)26-3/h4-10H,12H2,1-3H3,(H,23,25). The number of carbonyl (C=O) groups is 1. The first-order chi connectivity index (χ1) is 13.0. The lowest BCUT2D eigenvalue weighted by Crippen LogP contribution is -2.14. The van der Waals surface area contributed by atoms with Crippen molar-refractivity contribution in [2.45, 2.75) is 18.9 Å². The molecule has 0 aliphatic rings. The first kappa shape index (κ1) is 18.7. The van der Waals surface area contributed by atoms with Crippen LogP contribution in [0.15, 0.2) is 47.5 Å². The normalized spacial score (nSPS) is 10.4. The number of nitrogens with zero attached hydrogens (tertiary/aromatic N) is 2. The molecule has 0 saturated carbocycles. The summed E-state index contributed by atoms with van der Waals surface area (Å²) in [5.41, 5.74) is 4.18. The summed E-state index contributed by atoms with van der Waals surface area (Å²) in [5, 5.41) is 13.8. The van der Waals surface area contributed by atoms with Gasteiger partial charge in [0, 0.05) is 17.1 Å². The maximum atomic E-state index is 12.3. The molecule has 0 unspecified atom stereocenters. The summed E-state index contributed by atoms with van der Waals surface area (Å²) in [7, 11) is 1.58. The predicted octanol–water partition coefficient (Wildman–Crippen LogP) is 4.46. The smallest absolute Gasteiger partial charge is 0.234 e. The van der Waals surface area contributed by atoms with Crippen molar-refractivity contribution in [2.24, 2.45) is 0 Å². The third-order valence-electron chi connectivity index (χ3n) is 4.06. The predicted molar refractivity (Wildman–Crippen MR) is 108 cm³/mol. The summed E-state index contributed by atoms with van der Waals surface area (Å²) in [6, 6.07) is 15.3. The zero-order chi connectivity index (χ0) is 19.4. The van der Waals surface area contributed by atoms with E-state index in [1.54, 1.807) is 19.2 Å². The molecule has 0 atom stereocenters.